The molecule has 1 aromatic heterocycles. The van der Waals surface area contributed by atoms with Gasteiger partial charge in [0.05, 0.1) is 13.2 Å². The van der Waals surface area contributed by atoms with E-state index in [2.05, 4.69) is 15.1 Å². The summed E-state index contributed by atoms with van der Waals surface area (Å²) < 4.78 is 13.1. The average molecular weight is 369 g/mol. The predicted octanol–water partition coefficient (Wildman–Crippen LogP) is 2.47. The van der Waals surface area contributed by atoms with E-state index in [0.717, 1.165) is 55.3 Å². The number of thioether (sulfide) groups is 1. The Bertz CT molecular complexity index is 644. The molecule has 3 rings (SSSR count). The summed E-state index contributed by atoms with van der Waals surface area (Å²) in [4.78, 5) is 2.41. The van der Waals surface area contributed by atoms with Gasteiger partial charge in [-0.2, -0.15) is 0 Å². The van der Waals surface area contributed by atoms with Crippen molar-refractivity contribution >= 4 is 23.4 Å². The lowest BCUT2D eigenvalue weighted by Crippen LogP contribution is -2.37. The summed E-state index contributed by atoms with van der Waals surface area (Å²) in [6, 6.07) is 7.30. The lowest BCUT2D eigenvalue weighted by atomic mass is 10.3. The third kappa shape index (κ3) is 4.86. The molecule has 24 heavy (non-hydrogen) atoms. The fraction of sp³-hybridized carbons (Fsp3) is 0.500. The first kappa shape index (κ1) is 17.5. The van der Waals surface area contributed by atoms with Crippen molar-refractivity contribution in [1.82, 2.24) is 19.7 Å². The topological polar surface area (TPSA) is 52.4 Å². The highest BCUT2D eigenvalue weighted by Gasteiger charge is 2.13. The molecular weight excluding hydrogens is 348 g/mol. The molecule has 1 aromatic carbocycles. The van der Waals surface area contributed by atoms with Crippen LogP contribution in [0.5, 0.6) is 5.75 Å². The Labute approximate surface area is 151 Å². The molecule has 0 bridgehead atoms. The van der Waals surface area contributed by atoms with Gasteiger partial charge in [0.2, 0.25) is 0 Å². The van der Waals surface area contributed by atoms with Crippen LogP contribution in [0, 0.1) is 0 Å². The van der Waals surface area contributed by atoms with Crippen molar-refractivity contribution in [2.24, 2.45) is 7.05 Å². The summed E-state index contributed by atoms with van der Waals surface area (Å²) in [5.41, 5.74) is 0. The van der Waals surface area contributed by atoms with Gasteiger partial charge in [0, 0.05) is 37.5 Å². The zero-order chi connectivity index (χ0) is 16.8. The SMILES string of the molecule is Cn1c(COc2ccc(Cl)cc2)nnc1SCCN1CCOCC1. The number of aromatic nitrogens is 3. The normalized spacial score (nSPS) is 15.6. The quantitative estimate of drug-likeness (QED) is 0.700. The number of benzene rings is 1. The monoisotopic (exact) mass is 368 g/mol. The van der Waals surface area contributed by atoms with E-state index in [1.54, 1.807) is 23.9 Å². The summed E-state index contributed by atoms with van der Waals surface area (Å²) >= 11 is 7.59. The van der Waals surface area contributed by atoms with Gasteiger partial charge in [0.25, 0.3) is 0 Å². The van der Waals surface area contributed by atoms with Crippen LogP contribution in [-0.2, 0) is 18.4 Å². The number of hydrogen-bond acceptors (Lipinski definition) is 6. The molecular formula is C16H21ClN4O2S. The Morgan fingerprint density at radius 1 is 1.21 bits per heavy atom. The van der Waals surface area contributed by atoms with Crippen molar-refractivity contribution in [2.75, 3.05) is 38.6 Å². The van der Waals surface area contributed by atoms with E-state index in [0.29, 0.717) is 11.6 Å². The molecule has 0 unspecified atom stereocenters. The van der Waals surface area contributed by atoms with Crippen LogP contribution in [0.4, 0.5) is 0 Å². The highest BCUT2D eigenvalue weighted by molar-refractivity contribution is 7.99. The predicted molar refractivity (Wildman–Crippen MR) is 94.8 cm³/mol. The third-order valence-corrected chi connectivity index (χ3v) is 5.10. The minimum Gasteiger partial charge on any atom is -0.486 e. The van der Waals surface area contributed by atoms with E-state index < -0.39 is 0 Å². The van der Waals surface area contributed by atoms with Crippen molar-refractivity contribution in [1.29, 1.82) is 0 Å². The van der Waals surface area contributed by atoms with E-state index in [4.69, 9.17) is 21.1 Å². The smallest absolute Gasteiger partial charge is 0.191 e. The van der Waals surface area contributed by atoms with Crippen LogP contribution in [-0.4, -0.2) is 58.3 Å². The molecule has 0 atom stereocenters. The van der Waals surface area contributed by atoms with Gasteiger partial charge in [-0.05, 0) is 24.3 Å². The van der Waals surface area contributed by atoms with Gasteiger partial charge in [0.1, 0.15) is 12.4 Å². The van der Waals surface area contributed by atoms with E-state index >= 15 is 0 Å². The number of halogens is 1. The Morgan fingerprint density at radius 3 is 2.71 bits per heavy atom. The van der Waals surface area contributed by atoms with E-state index in [9.17, 15) is 0 Å². The second-order valence-electron chi connectivity index (χ2n) is 5.50. The standard InChI is InChI=1S/C16H21ClN4O2S/c1-20-15(12-23-14-4-2-13(17)3-5-14)18-19-16(20)24-11-8-21-6-9-22-10-7-21/h2-5H,6-12H2,1H3. The van der Waals surface area contributed by atoms with Crippen LogP contribution >= 0.6 is 23.4 Å². The van der Waals surface area contributed by atoms with Crippen LogP contribution in [0.2, 0.25) is 5.02 Å². The first-order valence-electron chi connectivity index (χ1n) is 7.92. The van der Waals surface area contributed by atoms with Gasteiger partial charge < -0.3 is 14.0 Å². The fourth-order valence-electron chi connectivity index (χ4n) is 2.37. The lowest BCUT2D eigenvalue weighted by Gasteiger charge is -2.26. The molecule has 0 N–H and O–H groups in total. The molecule has 1 saturated heterocycles. The molecule has 2 heterocycles. The van der Waals surface area contributed by atoms with Crippen molar-refractivity contribution in [2.45, 2.75) is 11.8 Å². The van der Waals surface area contributed by atoms with Gasteiger partial charge >= 0.3 is 0 Å². The second-order valence-corrected chi connectivity index (χ2v) is 7.00. The van der Waals surface area contributed by atoms with E-state index in [1.165, 1.54) is 0 Å². The van der Waals surface area contributed by atoms with Crippen molar-refractivity contribution < 1.29 is 9.47 Å². The first-order chi connectivity index (χ1) is 11.7. The maximum atomic E-state index is 5.87. The Kier molecular flexibility index (Phi) is 6.37. The molecule has 8 heteroatoms. The molecule has 1 aliphatic rings. The second kappa shape index (κ2) is 8.71. The zero-order valence-electron chi connectivity index (χ0n) is 13.7. The first-order valence-corrected chi connectivity index (χ1v) is 9.28. The van der Waals surface area contributed by atoms with Crippen LogP contribution in [0.15, 0.2) is 29.4 Å². The lowest BCUT2D eigenvalue weighted by molar-refractivity contribution is 0.0410. The maximum Gasteiger partial charge on any atom is 0.191 e. The zero-order valence-corrected chi connectivity index (χ0v) is 15.2. The minimum atomic E-state index is 0.384. The van der Waals surface area contributed by atoms with Crippen LogP contribution in [0.25, 0.3) is 0 Å². The van der Waals surface area contributed by atoms with Gasteiger partial charge in [-0.25, -0.2) is 0 Å². The van der Waals surface area contributed by atoms with Crippen LogP contribution in [0.1, 0.15) is 5.82 Å². The van der Waals surface area contributed by atoms with Gasteiger partial charge in [-0.3, -0.25) is 4.90 Å². The molecule has 2 aromatic rings. The van der Waals surface area contributed by atoms with Gasteiger partial charge in [-0.1, -0.05) is 23.4 Å². The summed E-state index contributed by atoms with van der Waals surface area (Å²) in [5, 5.41) is 10.1. The number of nitrogens with zero attached hydrogens (tertiary/aromatic N) is 4. The molecule has 0 saturated carbocycles. The number of hydrogen-bond donors (Lipinski definition) is 0. The van der Waals surface area contributed by atoms with Crippen molar-refractivity contribution in [3.8, 4) is 5.75 Å². The van der Waals surface area contributed by atoms with Crippen molar-refractivity contribution in [3.05, 3.63) is 35.1 Å². The van der Waals surface area contributed by atoms with Gasteiger partial charge in [0.15, 0.2) is 11.0 Å². The summed E-state index contributed by atoms with van der Waals surface area (Å²) in [6.07, 6.45) is 0. The Morgan fingerprint density at radius 2 is 1.96 bits per heavy atom. The summed E-state index contributed by atoms with van der Waals surface area (Å²) in [7, 11) is 1.97. The maximum absolute atomic E-state index is 5.87. The molecule has 1 fully saturated rings. The van der Waals surface area contributed by atoms with Gasteiger partial charge in [-0.15, -0.1) is 10.2 Å². The molecule has 0 aliphatic carbocycles. The molecule has 130 valence electrons. The van der Waals surface area contributed by atoms with Crippen LogP contribution < -0.4 is 4.74 Å². The minimum absolute atomic E-state index is 0.384. The summed E-state index contributed by atoms with van der Waals surface area (Å²) in [6.45, 7) is 5.12. The Hall–Kier alpha value is -1.28. The third-order valence-electron chi connectivity index (χ3n) is 3.85. The highest BCUT2D eigenvalue weighted by atomic mass is 35.5. The molecule has 1 aliphatic heterocycles. The largest absolute Gasteiger partial charge is 0.486 e. The average Bonchev–Trinajstić information content (AvgIpc) is 2.96. The number of morpholine rings is 1. The van der Waals surface area contributed by atoms with Crippen molar-refractivity contribution in [3.63, 3.8) is 0 Å². The summed E-state index contributed by atoms with van der Waals surface area (Å²) in [5.74, 6) is 2.56. The van der Waals surface area contributed by atoms with E-state index in [-0.39, 0.29) is 0 Å². The number of rotatable bonds is 7. The highest BCUT2D eigenvalue weighted by Crippen LogP contribution is 2.19. The van der Waals surface area contributed by atoms with Crippen LogP contribution in [0.3, 0.4) is 0 Å². The molecule has 0 amide bonds. The Balaban J connectivity index is 1.47. The molecule has 6 nitrogen and oxygen atoms in total. The van der Waals surface area contributed by atoms with E-state index in [1.807, 2.05) is 23.7 Å². The molecule has 0 spiro atoms. The number of ether oxygens (including phenoxy) is 2. The fourth-order valence-corrected chi connectivity index (χ4v) is 3.42. The molecule has 0 radical (unpaired) electrons.